The number of carbonyl (C=O) groups is 2. The number of benzene rings is 2. The summed E-state index contributed by atoms with van der Waals surface area (Å²) in [5, 5.41) is 5.97. The van der Waals surface area contributed by atoms with Gasteiger partial charge >= 0.3 is 0 Å². The van der Waals surface area contributed by atoms with Crippen LogP contribution in [0.15, 0.2) is 48.5 Å². The molecule has 3 rings (SSSR count). The van der Waals surface area contributed by atoms with Gasteiger partial charge in [-0.25, -0.2) is 0 Å². The molecule has 1 aliphatic rings. The maximum atomic E-state index is 12.0. The molecule has 1 aliphatic heterocycles. The first-order valence-electron chi connectivity index (χ1n) is 8.69. The third-order valence-electron chi connectivity index (χ3n) is 4.35. The van der Waals surface area contributed by atoms with Gasteiger partial charge in [0.1, 0.15) is 5.75 Å². The lowest BCUT2D eigenvalue weighted by molar-refractivity contribution is -0.119. The fraction of sp³-hybridized carbons (Fsp3) is 0.300. The van der Waals surface area contributed by atoms with E-state index in [1.807, 2.05) is 48.5 Å². The summed E-state index contributed by atoms with van der Waals surface area (Å²) < 4.78 is 5.11. The molecule has 6 heteroatoms. The molecule has 0 spiro atoms. The van der Waals surface area contributed by atoms with E-state index in [-0.39, 0.29) is 18.4 Å². The number of nitrogens with zero attached hydrogens (tertiary/aromatic N) is 1. The van der Waals surface area contributed by atoms with Crippen LogP contribution >= 0.6 is 0 Å². The fourth-order valence-corrected chi connectivity index (χ4v) is 2.87. The molecule has 0 aromatic heterocycles. The number of hydrogen-bond donors (Lipinski definition) is 2. The second-order valence-electron chi connectivity index (χ2n) is 6.17. The molecule has 2 aromatic rings. The Morgan fingerprint density at radius 2 is 1.85 bits per heavy atom. The van der Waals surface area contributed by atoms with E-state index in [1.165, 1.54) is 0 Å². The molecule has 0 aliphatic carbocycles. The molecular weight excluding hydrogens is 330 g/mol. The predicted octanol–water partition coefficient (Wildman–Crippen LogP) is 2.55. The van der Waals surface area contributed by atoms with Crippen molar-refractivity contribution in [2.24, 2.45) is 0 Å². The van der Waals surface area contributed by atoms with Crippen LogP contribution in [0.3, 0.4) is 0 Å². The van der Waals surface area contributed by atoms with Crippen molar-refractivity contribution in [3.05, 3.63) is 54.1 Å². The molecule has 2 aromatic carbocycles. The quantitative estimate of drug-likeness (QED) is 0.803. The van der Waals surface area contributed by atoms with E-state index in [0.717, 1.165) is 35.7 Å². The van der Waals surface area contributed by atoms with Crippen molar-refractivity contribution in [2.75, 3.05) is 30.4 Å². The van der Waals surface area contributed by atoms with Crippen LogP contribution in [0.1, 0.15) is 18.4 Å². The second-order valence-corrected chi connectivity index (χ2v) is 6.17. The van der Waals surface area contributed by atoms with Gasteiger partial charge in [-0.1, -0.05) is 12.1 Å². The smallest absolute Gasteiger partial charge is 0.239 e. The maximum Gasteiger partial charge on any atom is 0.239 e. The van der Waals surface area contributed by atoms with Crippen LogP contribution in [0, 0.1) is 0 Å². The average molecular weight is 353 g/mol. The third-order valence-corrected chi connectivity index (χ3v) is 4.35. The van der Waals surface area contributed by atoms with Crippen molar-refractivity contribution in [1.29, 1.82) is 0 Å². The molecule has 1 fully saturated rings. The lowest BCUT2D eigenvalue weighted by Gasteiger charge is -2.16. The zero-order valence-electron chi connectivity index (χ0n) is 14.8. The summed E-state index contributed by atoms with van der Waals surface area (Å²) in [5.41, 5.74) is 2.76. The molecule has 1 saturated heterocycles. The number of ether oxygens (including phenoxy) is 1. The van der Waals surface area contributed by atoms with Gasteiger partial charge in [-0.05, 0) is 48.4 Å². The Labute approximate surface area is 153 Å². The van der Waals surface area contributed by atoms with E-state index in [9.17, 15) is 9.59 Å². The first-order valence-corrected chi connectivity index (χ1v) is 8.69. The highest BCUT2D eigenvalue weighted by Gasteiger charge is 2.21. The van der Waals surface area contributed by atoms with Gasteiger partial charge in [-0.2, -0.15) is 0 Å². The highest BCUT2D eigenvalue weighted by Crippen LogP contribution is 2.22. The maximum absolute atomic E-state index is 12.0. The van der Waals surface area contributed by atoms with Gasteiger partial charge in [0.15, 0.2) is 0 Å². The van der Waals surface area contributed by atoms with Crippen LogP contribution in [-0.2, 0) is 16.1 Å². The molecule has 26 heavy (non-hydrogen) atoms. The van der Waals surface area contributed by atoms with Gasteiger partial charge in [0.25, 0.3) is 0 Å². The summed E-state index contributed by atoms with van der Waals surface area (Å²) in [6, 6.07) is 15.2. The molecule has 6 nitrogen and oxygen atoms in total. The lowest BCUT2D eigenvalue weighted by atomic mass is 10.2. The van der Waals surface area contributed by atoms with E-state index in [4.69, 9.17) is 4.74 Å². The largest absolute Gasteiger partial charge is 0.497 e. The molecular formula is C20H23N3O3. The Bertz CT molecular complexity index is 757. The molecule has 0 radical (unpaired) electrons. The molecule has 0 bridgehead atoms. The predicted molar refractivity (Wildman–Crippen MR) is 101 cm³/mol. The first-order chi connectivity index (χ1) is 12.7. The minimum Gasteiger partial charge on any atom is -0.497 e. The summed E-state index contributed by atoms with van der Waals surface area (Å²) in [4.78, 5) is 25.5. The molecule has 2 N–H and O–H groups in total. The Kier molecular flexibility index (Phi) is 5.73. The van der Waals surface area contributed by atoms with E-state index < -0.39 is 0 Å². The molecule has 0 atom stereocenters. The first kappa shape index (κ1) is 17.8. The van der Waals surface area contributed by atoms with Gasteiger partial charge in [0, 0.05) is 30.9 Å². The van der Waals surface area contributed by atoms with Crippen LogP contribution < -0.4 is 20.3 Å². The average Bonchev–Trinajstić information content (AvgIpc) is 3.11. The minimum absolute atomic E-state index is 0.0837. The Morgan fingerprint density at radius 1 is 1.12 bits per heavy atom. The van der Waals surface area contributed by atoms with Crippen LogP contribution in [0.5, 0.6) is 5.75 Å². The summed E-state index contributed by atoms with van der Waals surface area (Å²) in [7, 11) is 1.62. The summed E-state index contributed by atoms with van der Waals surface area (Å²) >= 11 is 0. The number of hydrogen-bond acceptors (Lipinski definition) is 4. The topological polar surface area (TPSA) is 70.7 Å². The summed E-state index contributed by atoms with van der Waals surface area (Å²) in [6.07, 6.45) is 1.53. The SMILES string of the molecule is COc1ccc(CNC(=O)CNc2ccc(N3CCCC3=O)cc2)cc1. The summed E-state index contributed by atoms with van der Waals surface area (Å²) in [5.74, 6) is 0.879. The van der Waals surface area contributed by atoms with Crippen molar-refractivity contribution in [1.82, 2.24) is 5.32 Å². The van der Waals surface area contributed by atoms with Gasteiger partial charge in [-0.15, -0.1) is 0 Å². The molecule has 0 saturated carbocycles. The normalized spacial score (nSPS) is 13.6. The Balaban J connectivity index is 1.44. The van der Waals surface area contributed by atoms with E-state index >= 15 is 0 Å². The molecule has 2 amide bonds. The highest BCUT2D eigenvalue weighted by molar-refractivity contribution is 5.95. The Morgan fingerprint density at radius 3 is 2.46 bits per heavy atom. The van der Waals surface area contributed by atoms with Crippen molar-refractivity contribution < 1.29 is 14.3 Å². The zero-order chi connectivity index (χ0) is 18.4. The lowest BCUT2D eigenvalue weighted by Crippen LogP contribution is -2.29. The monoisotopic (exact) mass is 353 g/mol. The number of methoxy groups -OCH3 is 1. The van der Waals surface area contributed by atoms with Crippen LogP contribution in [0.4, 0.5) is 11.4 Å². The summed E-state index contributed by atoms with van der Waals surface area (Å²) in [6.45, 7) is 1.44. The van der Waals surface area contributed by atoms with E-state index in [1.54, 1.807) is 12.0 Å². The van der Waals surface area contributed by atoms with E-state index in [0.29, 0.717) is 13.0 Å². The number of amides is 2. The third kappa shape index (κ3) is 4.53. The van der Waals surface area contributed by atoms with Crippen molar-refractivity contribution >= 4 is 23.2 Å². The minimum atomic E-state index is -0.0837. The van der Waals surface area contributed by atoms with Crippen LogP contribution in [0.2, 0.25) is 0 Å². The second kappa shape index (κ2) is 8.38. The number of carbonyl (C=O) groups excluding carboxylic acids is 2. The van der Waals surface area contributed by atoms with Gasteiger partial charge in [0.05, 0.1) is 13.7 Å². The van der Waals surface area contributed by atoms with Crippen molar-refractivity contribution in [2.45, 2.75) is 19.4 Å². The van der Waals surface area contributed by atoms with Gasteiger partial charge in [-0.3, -0.25) is 9.59 Å². The van der Waals surface area contributed by atoms with Gasteiger partial charge < -0.3 is 20.3 Å². The number of rotatable bonds is 7. The van der Waals surface area contributed by atoms with Crippen molar-refractivity contribution in [3.8, 4) is 5.75 Å². The highest BCUT2D eigenvalue weighted by atomic mass is 16.5. The van der Waals surface area contributed by atoms with Crippen LogP contribution in [-0.4, -0.2) is 32.0 Å². The molecule has 1 heterocycles. The number of anilines is 2. The van der Waals surface area contributed by atoms with Crippen molar-refractivity contribution in [3.63, 3.8) is 0 Å². The standard InChI is InChI=1S/C20H23N3O3/c1-26-18-10-4-15(5-11-18)13-22-19(24)14-21-16-6-8-17(9-7-16)23-12-2-3-20(23)25/h4-11,21H,2-3,12-14H2,1H3,(H,22,24). The van der Waals surface area contributed by atoms with Crippen LogP contribution in [0.25, 0.3) is 0 Å². The molecule has 136 valence electrons. The van der Waals surface area contributed by atoms with Gasteiger partial charge in [0.2, 0.25) is 11.8 Å². The Hall–Kier alpha value is -3.02. The number of nitrogens with one attached hydrogen (secondary N) is 2. The van der Waals surface area contributed by atoms with E-state index in [2.05, 4.69) is 10.6 Å². The fourth-order valence-electron chi connectivity index (χ4n) is 2.87. The molecule has 0 unspecified atom stereocenters. The zero-order valence-corrected chi connectivity index (χ0v) is 14.8.